The predicted octanol–water partition coefficient (Wildman–Crippen LogP) is 1.31. The van der Waals surface area contributed by atoms with Crippen molar-refractivity contribution in [3.63, 3.8) is 0 Å². The molecule has 5 nitrogen and oxygen atoms in total. The van der Waals surface area contributed by atoms with Gasteiger partial charge in [-0.3, -0.25) is 9.59 Å². The molecular weight excluding hydrogens is 246 g/mol. The average molecular weight is 263 g/mol. The van der Waals surface area contributed by atoms with Gasteiger partial charge in [-0.25, -0.2) is 0 Å². The van der Waals surface area contributed by atoms with Crippen LogP contribution in [-0.2, 0) is 14.3 Å². The van der Waals surface area contributed by atoms with E-state index in [4.69, 9.17) is 4.74 Å². The Labute approximate surface area is 111 Å². The summed E-state index contributed by atoms with van der Waals surface area (Å²) in [5.74, 6) is -1.74. The Morgan fingerprint density at radius 3 is 2.68 bits per heavy atom. The van der Waals surface area contributed by atoms with Crippen LogP contribution in [0, 0.1) is 5.92 Å². The van der Waals surface area contributed by atoms with E-state index in [1.807, 2.05) is 30.3 Å². The number of ether oxygens (including phenoxy) is 1. The first-order chi connectivity index (χ1) is 9.15. The number of carbonyl (C=O) groups excluding carboxylic acids is 1. The highest BCUT2D eigenvalue weighted by molar-refractivity contribution is 5.87. The van der Waals surface area contributed by atoms with Gasteiger partial charge in [0, 0.05) is 20.1 Å². The number of carboxylic acids is 1. The van der Waals surface area contributed by atoms with Gasteiger partial charge in [0.25, 0.3) is 0 Å². The lowest BCUT2D eigenvalue weighted by Crippen LogP contribution is -2.33. The third kappa shape index (κ3) is 2.76. The van der Waals surface area contributed by atoms with Gasteiger partial charge < -0.3 is 14.7 Å². The second kappa shape index (κ2) is 5.84. The van der Waals surface area contributed by atoms with Gasteiger partial charge in [-0.05, 0) is 5.56 Å². The molecule has 0 aliphatic carbocycles. The van der Waals surface area contributed by atoms with Crippen molar-refractivity contribution in [2.75, 3.05) is 20.3 Å². The van der Waals surface area contributed by atoms with Crippen LogP contribution in [0.1, 0.15) is 18.0 Å². The summed E-state index contributed by atoms with van der Waals surface area (Å²) in [5.41, 5.74) is 0.858. The van der Waals surface area contributed by atoms with Gasteiger partial charge in [0.2, 0.25) is 5.91 Å². The molecule has 0 saturated carbocycles. The van der Waals surface area contributed by atoms with E-state index in [1.54, 1.807) is 12.0 Å². The number of carboxylic acid groups (broad SMARTS) is 1. The molecule has 1 amide bonds. The van der Waals surface area contributed by atoms with Gasteiger partial charge in [-0.15, -0.1) is 0 Å². The smallest absolute Gasteiger partial charge is 0.309 e. The zero-order chi connectivity index (χ0) is 13.8. The van der Waals surface area contributed by atoms with E-state index in [0.717, 1.165) is 5.56 Å². The lowest BCUT2D eigenvalue weighted by Gasteiger charge is -2.27. The molecule has 1 unspecified atom stereocenters. The molecule has 5 heteroatoms. The first kappa shape index (κ1) is 13.5. The van der Waals surface area contributed by atoms with Crippen molar-refractivity contribution >= 4 is 11.9 Å². The number of methoxy groups -OCH3 is 1. The number of carbonyl (C=O) groups is 2. The predicted molar refractivity (Wildman–Crippen MR) is 68.5 cm³/mol. The first-order valence-corrected chi connectivity index (χ1v) is 6.21. The number of hydrogen-bond acceptors (Lipinski definition) is 3. The maximum absolute atomic E-state index is 12.0. The molecule has 1 saturated heterocycles. The molecular formula is C14H17NO4. The van der Waals surface area contributed by atoms with Crippen molar-refractivity contribution in [1.82, 2.24) is 4.90 Å². The molecule has 0 radical (unpaired) electrons. The summed E-state index contributed by atoms with van der Waals surface area (Å²) in [6.45, 7) is 0.820. The fourth-order valence-electron chi connectivity index (χ4n) is 2.53. The van der Waals surface area contributed by atoms with Crippen molar-refractivity contribution < 1.29 is 19.4 Å². The molecule has 0 spiro atoms. The zero-order valence-corrected chi connectivity index (χ0v) is 10.8. The number of nitrogens with zero attached hydrogens (tertiary/aromatic N) is 1. The molecule has 1 N–H and O–H groups in total. The SMILES string of the molecule is COCCN1C(=O)C[C@H](C(=O)O)C1c1ccccc1. The average Bonchev–Trinajstić information content (AvgIpc) is 2.74. The molecule has 19 heavy (non-hydrogen) atoms. The van der Waals surface area contributed by atoms with Crippen LogP contribution in [0.15, 0.2) is 30.3 Å². The Balaban J connectivity index is 2.30. The Morgan fingerprint density at radius 2 is 2.11 bits per heavy atom. The van der Waals surface area contributed by atoms with Gasteiger partial charge in [-0.2, -0.15) is 0 Å². The summed E-state index contributed by atoms with van der Waals surface area (Å²) in [6, 6.07) is 8.89. The lowest BCUT2D eigenvalue weighted by molar-refractivity contribution is -0.142. The first-order valence-electron chi connectivity index (χ1n) is 6.21. The largest absolute Gasteiger partial charge is 0.481 e. The molecule has 2 atom stereocenters. The Bertz CT molecular complexity index is 460. The molecule has 1 aromatic carbocycles. The normalized spacial score (nSPS) is 22.8. The molecule has 2 rings (SSSR count). The van der Waals surface area contributed by atoms with E-state index < -0.39 is 17.9 Å². The van der Waals surface area contributed by atoms with Crippen LogP contribution in [0.25, 0.3) is 0 Å². The number of likely N-dealkylation sites (tertiary alicyclic amines) is 1. The molecule has 1 fully saturated rings. The van der Waals surface area contributed by atoms with Crippen molar-refractivity contribution in [1.29, 1.82) is 0 Å². The monoisotopic (exact) mass is 263 g/mol. The Kier molecular flexibility index (Phi) is 4.16. The van der Waals surface area contributed by atoms with Crippen molar-refractivity contribution in [2.45, 2.75) is 12.5 Å². The van der Waals surface area contributed by atoms with Gasteiger partial charge in [0.15, 0.2) is 0 Å². The summed E-state index contributed by atoms with van der Waals surface area (Å²) < 4.78 is 4.99. The molecule has 0 aromatic heterocycles. The van der Waals surface area contributed by atoms with E-state index in [1.165, 1.54) is 0 Å². The molecule has 1 aromatic rings. The summed E-state index contributed by atoms with van der Waals surface area (Å²) in [4.78, 5) is 24.9. The van der Waals surface area contributed by atoms with Gasteiger partial charge >= 0.3 is 5.97 Å². The Morgan fingerprint density at radius 1 is 1.42 bits per heavy atom. The van der Waals surface area contributed by atoms with E-state index >= 15 is 0 Å². The zero-order valence-electron chi connectivity index (χ0n) is 10.8. The lowest BCUT2D eigenvalue weighted by atomic mass is 9.94. The maximum Gasteiger partial charge on any atom is 0.309 e. The highest BCUT2D eigenvalue weighted by Gasteiger charge is 2.44. The van der Waals surface area contributed by atoms with Crippen LogP contribution < -0.4 is 0 Å². The number of rotatable bonds is 5. The number of aliphatic carboxylic acids is 1. The second-order valence-electron chi connectivity index (χ2n) is 4.58. The van der Waals surface area contributed by atoms with E-state index in [0.29, 0.717) is 13.2 Å². The van der Waals surface area contributed by atoms with Crippen LogP contribution in [0.4, 0.5) is 0 Å². The summed E-state index contributed by atoms with van der Waals surface area (Å²) in [7, 11) is 1.56. The molecule has 1 aliphatic rings. The van der Waals surface area contributed by atoms with Gasteiger partial charge in [0.1, 0.15) is 0 Å². The summed E-state index contributed by atoms with van der Waals surface area (Å²) in [6.07, 6.45) is 0.0542. The fraction of sp³-hybridized carbons (Fsp3) is 0.429. The Hall–Kier alpha value is -1.88. The molecule has 1 heterocycles. The molecule has 1 aliphatic heterocycles. The van der Waals surface area contributed by atoms with Crippen LogP contribution in [0.2, 0.25) is 0 Å². The van der Waals surface area contributed by atoms with E-state index in [2.05, 4.69) is 0 Å². The third-order valence-electron chi connectivity index (χ3n) is 3.43. The standard InChI is InChI=1S/C14H17NO4/c1-19-8-7-15-12(16)9-11(14(17)18)13(15)10-5-3-2-4-6-10/h2-6,11,13H,7-9H2,1H3,(H,17,18)/t11-,13?/m0/s1. The summed E-state index contributed by atoms with van der Waals surface area (Å²) in [5, 5.41) is 9.30. The maximum atomic E-state index is 12.0. The number of hydrogen-bond donors (Lipinski definition) is 1. The third-order valence-corrected chi connectivity index (χ3v) is 3.43. The minimum Gasteiger partial charge on any atom is -0.481 e. The quantitative estimate of drug-likeness (QED) is 0.869. The van der Waals surface area contributed by atoms with Crippen LogP contribution in [0.3, 0.4) is 0 Å². The highest BCUT2D eigenvalue weighted by atomic mass is 16.5. The van der Waals surface area contributed by atoms with Crippen molar-refractivity contribution in [2.24, 2.45) is 5.92 Å². The van der Waals surface area contributed by atoms with E-state index in [-0.39, 0.29) is 12.3 Å². The second-order valence-corrected chi connectivity index (χ2v) is 4.58. The molecule has 102 valence electrons. The van der Waals surface area contributed by atoms with Crippen LogP contribution >= 0.6 is 0 Å². The topological polar surface area (TPSA) is 66.8 Å². The van der Waals surface area contributed by atoms with Crippen LogP contribution in [0.5, 0.6) is 0 Å². The minimum absolute atomic E-state index is 0.0542. The number of amides is 1. The number of benzene rings is 1. The fourth-order valence-corrected chi connectivity index (χ4v) is 2.53. The summed E-state index contributed by atoms with van der Waals surface area (Å²) >= 11 is 0. The van der Waals surface area contributed by atoms with Gasteiger partial charge in [0.05, 0.1) is 18.6 Å². The minimum atomic E-state index is -0.929. The molecule has 0 bridgehead atoms. The van der Waals surface area contributed by atoms with Gasteiger partial charge in [-0.1, -0.05) is 30.3 Å². The van der Waals surface area contributed by atoms with Crippen molar-refractivity contribution in [3.8, 4) is 0 Å². The van der Waals surface area contributed by atoms with Crippen molar-refractivity contribution in [3.05, 3.63) is 35.9 Å². The van der Waals surface area contributed by atoms with E-state index in [9.17, 15) is 14.7 Å². The van der Waals surface area contributed by atoms with Crippen LogP contribution in [-0.4, -0.2) is 42.1 Å². The highest BCUT2D eigenvalue weighted by Crippen LogP contribution is 2.37.